The molecule has 6 nitrogen and oxygen atoms in total. The van der Waals surface area contributed by atoms with Crippen LogP contribution in [0.3, 0.4) is 0 Å². The Balaban J connectivity index is 2.58. The van der Waals surface area contributed by atoms with E-state index in [0.717, 1.165) is 24.5 Å². The molecule has 1 aromatic heterocycles. The molecule has 0 aromatic carbocycles. The van der Waals surface area contributed by atoms with Crippen molar-refractivity contribution in [2.75, 3.05) is 26.8 Å². The van der Waals surface area contributed by atoms with Crippen molar-refractivity contribution < 1.29 is 9.53 Å². The van der Waals surface area contributed by atoms with Crippen molar-refractivity contribution in [2.45, 2.75) is 40.8 Å². The second-order valence-corrected chi connectivity index (χ2v) is 5.67. The topological polar surface area (TPSA) is 68.2 Å². The fourth-order valence-electron chi connectivity index (χ4n) is 2.11. The first-order valence-corrected chi connectivity index (χ1v) is 7.45. The predicted octanol–water partition coefficient (Wildman–Crippen LogP) is 1.01. The maximum Gasteiger partial charge on any atom is 0.241 e. The van der Waals surface area contributed by atoms with E-state index in [4.69, 9.17) is 4.74 Å². The van der Waals surface area contributed by atoms with Crippen LogP contribution in [0.15, 0.2) is 0 Å². The number of nitrogens with one attached hydrogen (secondary N) is 2. The molecule has 0 saturated carbocycles. The SMILES string of the molecule is COCCNC(=O)Cn1nc(C)c(CNCC(C)C)c1C. The minimum absolute atomic E-state index is 0.0423. The van der Waals surface area contributed by atoms with Gasteiger partial charge in [-0.3, -0.25) is 9.48 Å². The smallest absolute Gasteiger partial charge is 0.241 e. The number of nitrogens with zero attached hydrogens (tertiary/aromatic N) is 2. The van der Waals surface area contributed by atoms with Crippen LogP contribution in [0.5, 0.6) is 0 Å². The Morgan fingerprint density at radius 1 is 1.38 bits per heavy atom. The van der Waals surface area contributed by atoms with Gasteiger partial charge in [-0.2, -0.15) is 5.10 Å². The lowest BCUT2D eigenvalue weighted by molar-refractivity contribution is -0.122. The number of ether oxygens (including phenoxy) is 1. The first-order valence-electron chi connectivity index (χ1n) is 7.45. The molecule has 1 amide bonds. The van der Waals surface area contributed by atoms with Crippen LogP contribution in [0.4, 0.5) is 0 Å². The van der Waals surface area contributed by atoms with Gasteiger partial charge in [0.2, 0.25) is 5.91 Å². The number of amides is 1. The van der Waals surface area contributed by atoms with Crippen molar-refractivity contribution in [2.24, 2.45) is 5.92 Å². The van der Waals surface area contributed by atoms with Crippen molar-refractivity contribution in [3.8, 4) is 0 Å². The summed E-state index contributed by atoms with van der Waals surface area (Å²) in [5.74, 6) is 0.576. The molecule has 0 aliphatic carbocycles. The summed E-state index contributed by atoms with van der Waals surface area (Å²) in [4.78, 5) is 11.8. The van der Waals surface area contributed by atoms with Crippen LogP contribution in [0.2, 0.25) is 0 Å². The van der Waals surface area contributed by atoms with Gasteiger partial charge in [-0.05, 0) is 26.3 Å². The largest absolute Gasteiger partial charge is 0.383 e. The zero-order chi connectivity index (χ0) is 15.8. The van der Waals surface area contributed by atoms with E-state index in [9.17, 15) is 4.79 Å². The van der Waals surface area contributed by atoms with E-state index in [1.54, 1.807) is 11.8 Å². The molecule has 21 heavy (non-hydrogen) atoms. The van der Waals surface area contributed by atoms with Crippen molar-refractivity contribution >= 4 is 5.91 Å². The Morgan fingerprint density at radius 2 is 2.10 bits per heavy atom. The zero-order valence-corrected chi connectivity index (χ0v) is 13.8. The van der Waals surface area contributed by atoms with Crippen LogP contribution in [-0.4, -0.2) is 42.5 Å². The highest BCUT2D eigenvalue weighted by molar-refractivity contribution is 5.75. The molecule has 0 radical (unpaired) electrons. The van der Waals surface area contributed by atoms with Crippen LogP contribution in [0, 0.1) is 19.8 Å². The summed E-state index contributed by atoms with van der Waals surface area (Å²) in [6.07, 6.45) is 0. The van der Waals surface area contributed by atoms with E-state index in [1.165, 1.54) is 5.56 Å². The third-order valence-corrected chi connectivity index (χ3v) is 3.31. The van der Waals surface area contributed by atoms with Gasteiger partial charge in [0.05, 0.1) is 12.3 Å². The van der Waals surface area contributed by atoms with Crippen molar-refractivity contribution in [1.82, 2.24) is 20.4 Å². The number of hydrogen-bond acceptors (Lipinski definition) is 4. The second kappa shape index (κ2) is 8.79. The third kappa shape index (κ3) is 5.85. The van der Waals surface area contributed by atoms with Crippen LogP contribution < -0.4 is 10.6 Å². The molecule has 120 valence electrons. The average Bonchev–Trinajstić information content (AvgIpc) is 2.66. The third-order valence-electron chi connectivity index (χ3n) is 3.31. The summed E-state index contributed by atoms with van der Waals surface area (Å²) >= 11 is 0. The standard InChI is InChI=1S/C15H28N4O2/c1-11(2)8-16-9-14-12(3)18-19(13(14)4)10-15(20)17-6-7-21-5/h11,16H,6-10H2,1-5H3,(H,17,20). The maximum absolute atomic E-state index is 11.8. The van der Waals surface area contributed by atoms with Crippen LogP contribution >= 0.6 is 0 Å². The lowest BCUT2D eigenvalue weighted by Crippen LogP contribution is -2.31. The molecule has 0 unspecified atom stereocenters. The van der Waals surface area contributed by atoms with Crippen LogP contribution in [0.25, 0.3) is 0 Å². The normalized spacial score (nSPS) is 11.1. The summed E-state index contributed by atoms with van der Waals surface area (Å²) in [6.45, 7) is 11.4. The van der Waals surface area contributed by atoms with Gasteiger partial charge in [-0.25, -0.2) is 0 Å². The van der Waals surface area contributed by atoms with Crippen molar-refractivity contribution in [3.63, 3.8) is 0 Å². The first-order chi connectivity index (χ1) is 9.95. The molecule has 0 fully saturated rings. The second-order valence-electron chi connectivity index (χ2n) is 5.67. The Labute approximate surface area is 127 Å². The fourth-order valence-corrected chi connectivity index (χ4v) is 2.11. The fraction of sp³-hybridized carbons (Fsp3) is 0.733. The van der Waals surface area contributed by atoms with E-state index < -0.39 is 0 Å². The molecule has 0 aliphatic heterocycles. The van der Waals surface area contributed by atoms with Gasteiger partial charge in [0.25, 0.3) is 0 Å². The van der Waals surface area contributed by atoms with E-state index in [-0.39, 0.29) is 12.5 Å². The Kier molecular flexibility index (Phi) is 7.39. The molecular formula is C15H28N4O2. The van der Waals surface area contributed by atoms with Gasteiger partial charge in [-0.15, -0.1) is 0 Å². The highest BCUT2D eigenvalue weighted by Crippen LogP contribution is 2.12. The first kappa shape index (κ1) is 17.7. The summed E-state index contributed by atoms with van der Waals surface area (Å²) in [5.41, 5.74) is 3.21. The predicted molar refractivity (Wildman–Crippen MR) is 83.1 cm³/mol. The van der Waals surface area contributed by atoms with Gasteiger partial charge in [0.1, 0.15) is 6.54 Å². The summed E-state index contributed by atoms with van der Waals surface area (Å²) < 4.78 is 6.68. The number of methoxy groups -OCH3 is 1. The molecular weight excluding hydrogens is 268 g/mol. The summed E-state index contributed by atoms with van der Waals surface area (Å²) in [5, 5.41) is 10.7. The van der Waals surface area contributed by atoms with E-state index >= 15 is 0 Å². The lowest BCUT2D eigenvalue weighted by Gasteiger charge is -2.09. The molecule has 0 bridgehead atoms. The number of aromatic nitrogens is 2. The van der Waals surface area contributed by atoms with Gasteiger partial charge in [0.15, 0.2) is 0 Å². The van der Waals surface area contributed by atoms with Crippen LogP contribution in [0.1, 0.15) is 30.8 Å². The van der Waals surface area contributed by atoms with Gasteiger partial charge in [-0.1, -0.05) is 13.8 Å². The minimum atomic E-state index is -0.0423. The minimum Gasteiger partial charge on any atom is -0.383 e. The van der Waals surface area contributed by atoms with E-state index in [0.29, 0.717) is 19.1 Å². The Hall–Kier alpha value is -1.40. The Bertz CT molecular complexity index is 455. The number of rotatable bonds is 9. The van der Waals surface area contributed by atoms with Gasteiger partial charge >= 0.3 is 0 Å². The van der Waals surface area contributed by atoms with E-state index in [2.05, 4.69) is 29.6 Å². The quantitative estimate of drug-likeness (QED) is 0.667. The molecule has 0 saturated heterocycles. The number of aryl methyl sites for hydroxylation is 1. The molecule has 0 aliphatic rings. The maximum atomic E-state index is 11.8. The highest BCUT2D eigenvalue weighted by atomic mass is 16.5. The van der Waals surface area contributed by atoms with Crippen LogP contribution in [-0.2, 0) is 22.6 Å². The number of carbonyl (C=O) groups is 1. The monoisotopic (exact) mass is 296 g/mol. The molecule has 1 rings (SSSR count). The number of carbonyl (C=O) groups excluding carboxylic acids is 1. The summed E-state index contributed by atoms with van der Waals surface area (Å²) in [6, 6.07) is 0. The van der Waals surface area contributed by atoms with Crippen molar-refractivity contribution in [1.29, 1.82) is 0 Å². The highest BCUT2D eigenvalue weighted by Gasteiger charge is 2.13. The number of hydrogen-bond donors (Lipinski definition) is 2. The van der Waals surface area contributed by atoms with Gasteiger partial charge in [0, 0.05) is 31.5 Å². The zero-order valence-electron chi connectivity index (χ0n) is 13.8. The molecule has 6 heteroatoms. The molecule has 1 aromatic rings. The Morgan fingerprint density at radius 3 is 2.71 bits per heavy atom. The molecule has 0 atom stereocenters. The summed E-state index contributed by atoms with van der Waals surface area (Å²) in [7, 11) is 1.61. The lowest BCUT2D eigenvalue weighted by atomic mass is 10.2. The molecule has 1 heterocycles. The average molecular weight is 296 g/mol. The van der Waals surface area contributed by atoms with Gasteiger partial charge < -0.3 is 15.4 Å². The molecule has 0 spiro atoms. The van der Waals surface area contributed by atoms with E-state index in [1.807, 2.05) is 13.8 Å². The molecule has 2 N–H and O–H groups in total. The van der Waals surface area contributed by atoms with Crippen molar-refractivity contribution in [3.05, 3.63) is 17.0 Å².